The molecule has 1 fully saturated rings. The van der Waals surface area contributed by atoms with Gasteiger partial charge in [0, 0.05) is 12.1 Å². The Morgan fingerprint density at radius 2 is 2.22 bits per heavy atom. The summed E-state index contributed by atoms with van der Waals surface area (Å²) in [5, 5.41) is 8.75. The van der Waals surface area contributed by atoms with Crippen LogP contribution in [0.25, 0.3) is 10.6 Å². The molecule has 0 aliphatic carbocycles. The molecule has 3 heterocycles. The van der Waals surface area contributed by atoms with Gasteiger partial charge in [-0.15, -0.1) is 11.3 Å². The number of nitrogens with one attached hydrogen (secondary N) is 1. The average molecular weight is 353 g/mol. The maximum atomic E-state index is 12.0. The number of amides is 1. The smallest absolute Gasteiger partial charge is 0.267 e. The van der Waals surface area contributed by atoms with Crippen LogP contribution < -0.4 is 10.9 Å². The van der Waals surface area contributed by atoms with Crippen LogP contribution >= 0.6 is 11.3 Å². The Bertz CT molecular complexity index is 872. The predicted molar refractivity (Wildman–Crippen MR) is 87.0 cm³/mol. The van der Waals surface area contributed by atoms with Crippen molar-refractivity contribution < 1.29 is 13.2 Å². The zero-order chi connectivity index (χ0) is 16.4. The summed E-state index contributed by atoms with van der Waals surface area (Å²) in [6, 6.07) is 6.36. The Balaban J connectivity index is 1.71. The monoisotopic (exact) mass is 353 g/mol. The SMILES string of the molecule is O=C(Cn1nc(-c2cccs2)ccc1=O)N[C@H]1CCS(=O)(=O)C1. The molecule has 0 spiro atoms. The number of rotatable bonds is 4. The predicted octanol–water partition coefficient (Wildman–Crippen LogP) is 0.275. The highest BCUT2D eigenvalue weighted by molar-refractivity contribution is 7.91. The van der Waals surface area contributed by atoms with Gasteiger partial charge in [-0.2, -0.15) is 5.10 Å². The largest absolute Gasteiger partial charge is 0.351 e. The standard InChI is InChI=1S/C14H15N3O4S2/c18-13(15-10-5-7-23(20,21)9-10)8-17-14(19)4-3-11(16-17)12-2-1-6-22-12/h1-4,6,10H,5,7-9H2,(H,15,18)/t10-/m0/s1. The summed E-state index contributed by atoms with van der Waals surface area (Å²) in [6.07, 6.45) is 0.408. The van der Waals surface area contributed by atoms with Gasteiger partial charge in [0.1, 0.15) is 12.2 Å². The normalized spacial score (nSPS) is 19.6. The number of sulfone groups is 1. The first-order chi connectivity index (χ1) is 10.9. The van der Waals surface area contributed by atoms with Gasteiger partial charge in [0.25, 0.3) is 5.56 Å². The van der Waals surface area contributed by atoms with Crippen LogP contribution in [0.15, 0.2) is 34.4 Å². The summed E-state index contributed by atoms with van der Waals surface area (Å²) in [5.74, 6) is -0.370. The van der Waals surface area contributed by atoms with Gasteiger partial charge in [-0.25, -0.2) is 13.1 Å². The second kappa shape index (κ2) is 6.25. The van der Waals surface area contributed by atoms with Gasteiger partial charge in [-0.1, -0.05) is 6.07 Å². The molecule has 7 nitrogen and oxygen atoms in total. The van der Waals surface area contributed by atoms with Crippen molar-refractivity contribution in [1.82, 2.24) is 15.1 Å². The van der Waals surface area contributed by atoms with Crippen LogP contribution in [-0.2, 0) is 21.2 Å². The molecule has 0 aromatic carbocycles. The third-order valence-corrected chi connectivity index (χ3v) is 6.19. The van der Waals surface area contributed by atoms with Crippen LogP contribution in [0.5, 0.6) is 0 Å². The molecule has 1 saturated heterocycles. The molecule has 1 atom stereocenters. The number of aromatic nitrogens is 2. The van der Waals surface area contributed by atoms with E-state index in [4.69, 9.17) is 0 Å². The van der Waals surface area contributed by atoms with Crippen LogP contribution in [0, 0.1) is 0 Å². The highest BCUT2D eigenvalue weighted by Gasteiger charge is 2.28. The summed E-state index contributed by atoms with van der Waals surface area (Å²) in [7, 11) is -3.06. The van der Waals surface area contributed by atoms with Crippen LogP contribution in [0.2, 0.25) is 0 Å². The lowest BCUT2D eigenvalue weighted by Crippen LogP contribution is -2.40. The van der Waals surface area contributed by atoms with Gasteiger partial charge >= 0.3 is 0 Å². The van der Waals surface area contributed by atoms with Crippen LogP contribution in [0.3, 0.4) is 0 Å². The molecular formula is C14H15N3O4S2. The first-order valence-corrected chi connectivity index (χ1v) is 9.75. The fourth-order valence-electron chi connectivity index (χ4n) is 2.44. The Hall–Kier alpha value is -2.00. The van der Waals surface area contributed by atoms with Crippen molar-refractivity contribution in [1.29, 1.82) is 0 Å². The highest BCUT2D eigenvalue weighted by Crippen LogP contribution is 2.21. The minimum absolute atomic E-state index is 0.0453. The lowest BCUT2D eigenvalue weighted by atomic mass is 10.2. The fraction of sp³-hybridized carbons (Fsp3) is 0.357. The van der Waals surface area contributed by atoms with E-state index in [1.807, 2.05) is 17.5 Å². The summed E-state index contributed by atoms with van der Waals surface area (Å²) >= 11 is 1.49. The summed E-state index contributed by atoms with van der Waals surface area (Å²) in [4.78, 5) is 24.8. The van der Waals surface area contributed by atoms with Gasteiger partial charge in [-0.3, -0.25) is 9.59 Å². The number of carbonyl (C=O) groups is 1. The van der Waals surface area contributed by atoms with E-state index in [1.54, 1.807) is 6.07 Å². The third kappa shape index (κ3) is 3.85. The van der Waals surface area contributed by atoms with Crippen LogP contribution in [0.1, 0.15) is 6.42 Å². The first kappa shape index (κ1) is 15.9. The van der Waals surface area contributed by atoms with E-state index in [9.17, 15) is 18.0 Å². The van der Waals surface area contributed by atoms with Crippen molar-refractivity contribution in [3.8, 4) is 10.6 Å². The molecule has 0 unspecified atom stereocenters. The Kier molecular flexibility index (Phi) is 4.31. The van der Waals surface area contributed by atoms with Gasteiger partial charge in [0.15, 0.2) is 9.84 Å². The van der Waals surface area contributed by atoms with Crippen LogP contribution in [-0.4, -0.2) is 41.7 Å². The van der Waals surface area contributed by atoms with Crippen LogP contribution in [0.4, 0.5) is 0 Å². The van der Waals surface area contributed by atoms with E-state index in [0.29, 0.717) is 12.1 Å². The van der Waals surface area contributed by atoms with Crippen molar-refractivity contribution >= 4 is 27.1 Å². The topological polar surface area (TPSA) is 98.1 Å². The van der Waals surface area contributed by atoms with Crippen molar-refractivity contribution in [2.24, 2.45) is 0 Å². The summed E-state index contributed by atoms with van der Waals surface area (Å²) in [6.45, 7) is -0.228. The molecule has 0 bridgehead atoms. The van der Waals surface area contributed by atoms with E-state index < -0.39 is 15.7 Å². The molecule has 3 rings (SSSR count). The highest BCUT2D eigenvalue weighted by atomic mass is 32.2. The number of thiophene rings is 1. The van der Waals surface area contributed by atoms with E-state index in [-0.39, 0.29) is 29.7 Å². The van der Waals surface area contributed by atoms with E-state index in [1.165, 1.54) is 17.4 Å². The van der Waals surface area contributed by atoms with Crippen molar-refractivity contribution in [3.05, 3.63) is 40.0 Å². The minimum atomic E-state index is -3.06. The average Bonchev–Trinajstić information content (AvgIpc) is 3.11. The molecule has 0 saturated carbocycles. The molecule has 122 valence electrons. The number of nitrogens with zero attached hydrogens (tertiary/aromatic N) is 2. The fourth-order valence-corrected chi connectivity index (χ4v) is 4.80. The molecular weight excluding hydrogens is 338 g/mol. The Labute approximate surface area is 136 Å². The molecule has 1 aliphatic heterocycles. The molecule has 2 aromatic heterocycles. The molecule has 2 aromatic rings. The summed E-state index contributed by atoms with van der Waals surface area (Å²) in [5.41, 5.74) is 0.246. The van der Waals surface area contributed by atoms with Gasteiger partial charge in [0.2, 0.25) is 5.91 Å². The van der Waals surface area contributed by atoms with Crippen molar-refractivity contribution in [2.45, 2.75) is 19.0 Å². The summed E-state index contributed by atoms with van der Waals surface area (Å²) < 4.78 is 23.9. The number of hydrogen-bond acceptors (Lipinski definition) is 6. The van der Waals surface area contributed by atoms with E-state index in [2.05, 4.69) is 10.4 Å². The lowest BCUT2D eigenvalue weighted by Gasteiger charge is -2.11. The molecule has 9 heteroatoms. The Morgan fingerprint density at radius 3 is 2.87 bits per heavy atom. The third-order valence-electron chi connectivity index (χ3n) is 3.53. The second-order valence-corrected chi connectivity index (χ2v) is 8.54. The molecule has 0 radical (unpaired) electrons. The van der Waals surface area contributed by atoms with Crippen molar-refractivity contribution in [3.63, 3.8) is 0 Å². The van der Waals surface area contributed by atoms with Gasteiger partial charge in [-0.05, 0) is 23.9 Å². The quantitative estimate of drug-likeness (QED) is 0.851. The van der Waals surface area contributed by atoms with E-state index >= 15 is 0 Å². The molecule has 23 heavy (non-hydrogen) atoms. The molecule has 1 N–H and O–H groups in total. The number of hydrogen-bond donors (Lipinski definition) is 1. The van der Waals surface area contributed by atoms with Gasteiger partial charge in [0.05, 0.1) is 16.4 Å². The first-order valence-electron chi connectivity index (χ1n) is 7.05. The minimum Gasteiger partial charge on any atom is -0.351 e. The molecule has 1 amide bonds. The van der Waals surface area contributed by atoms with Gasteiger partial charge < -0.3 is 5.32 Å². The lowest BCUT2D eigenvalue weighted by molar-refractivity contribution is -0.122. The zero-order valence-corrected chi connectivity index (χ0v) is 13.8. The van der Waals surface area contributed by atoms with Crippen molar-refractivity contribution in [2.75, 3.05) is 11.5 Å². The van der Waals surface area contributed by atoms with E-state index in [0.717, 1.165) is 9.56 Å². The second-order valence-electron chi connectivity index (χ2n) is 5.36. The Morgan fingerprint density at radius 1 is 1.39 bits per heavy atom. The maximum Gasteiger partial charge on any atom is 0.267 e. The number of carbonyl (C=O) groups excluding carboxylic acids is 1. The molecule has 1 aliphatic rings. The maximum absolute atomic E-state index is 12.0. The zero-order valence-electron chi connectivity index (χ0n) is 12.1.